The Bertz CT molecular complexity index is 984. The average Bonchev–Trinajstić information content (AvgIpc) is 3.27. The molecule has 3 aromatic rings. The Kier molecular flexibility index (Phi) is 5.97. The van der Waals surface area contributed by atoms with Crippen molar-refractivity contribution in [2.75, 3.05) is 13.2 Å². The second kappa shape index (κ2) is 8.80. The van der Waals surface area contributed by atoms with E-state index in [2.05, 4.69) is 10.3 Å². The molecule has 7 heteroatoms. The van der Waals surface area contributed by atoms with Crippen LogP contribution in [0.4, 0.5) is 0 Å². The van der Waals surface area contributed by atoms with Gasteiger partial charge in [-0.1, -0.05) is 12.1 Å². The summed E-state index contributed by atoms with van der Waals surface area (Å²) in [6, 6.07) is 11.9. The van der Waals surface area contributed by atoms with E-state index < -0.39 is 0 Å². The van der Waals surface area contributed by atoms with Gasteiger partial charge in [0.25, 0.3) is 0 Å². The molecular weight excluding hydrogens is 388 g/mol. The number of aromatic nitrogens is 1. The SMILES string of the molecule is CCOc1cc2c(cc1CNC(=O)COCc1nc3ccccc3s1)OC(C)C2. The van der Waals surface area contributed by atoms with Crippen molar-refractivity contribution in [1.82, 2.24) is 10.3 Å². The molecule has 1 aliphatic heterocycles. The third-order valence-electron chi connectivity index (χ3n) is 4.65. The molecule has 29 heavy (non-hydrogen) atoms. The lowest BCUT2D eigenvalue weighted by atomic mass is 10.1. The lowest BCUT2D eigenvalue weighted by Crippen LogP contribution is -2.27. The van der Waals surface area contributed by atoms with Crippen LogP contribution in [0.25, 0.3) is 10.2 Å². The molecule has 152 valence electrons. The van der Waals surface area contributed by atoms with Crippen LogP contribution in [0.5, 0.6) is 11.5 Å². The van der Waals surface area contributed by atoms with Crippen LogP contribution in [0.15, 0.2) is 36.4 Å². The molecule has 1 unspecified atom stereocenters. The van der Waals surface area contributed by atoms with Gasteiger partial charge >= 0.3 is 0 Å². The number of ether oxygens (including phenoxy) is 3. The van der Waals surface area contributed by atoms with Crippen LogP contribution in [0.3, 0.4) is 0 Å². The summed E-state index contributed by atoms with van der Waals surface area (Å²) < 4.78 is 18.2. The van der Waals surface area contributed by atoms with Crippen molar-refractivity contribution in [3.8, 4) is 11.5 Å². The maximum Gasteiger partial charge on any atom is 0.246 e. The molecule has 1 aromatic heterocycles. The van der Waals surface area contributed by atoms with Crippen LogP contribution in [0.2, 0.25) is 0 Å². The first-order valence-corrected chi connectivity index (χ1v) is 10.6. The number of carbonyl (C=O) groups excluding carboxylic acids is 1. The first-order chi connectivity index (χ1) is 14.1. The molecule has 4 rings (SSSR count). The summed E-state index contributed by atoms with van der Waals surface area (Å²) in [5, 5.41) is 3.76. The van der Waals surface area contributed by atoms with Gasteiger partial charge in [0, 0.05) is 24.1 Å². The molecule has 2 aromatic carbocycles. The summed E-state index contributed by atoms with van der Waals surface area (Å²) >= 11 is 1.58. The highest BCUT2D eigenvalue weighted by atomic mass is 32.1. The largest absolute Gasteiger partial charge is 0.494 e. The Balaban J connectivity index is 1.30. The number of fused-ring (bicyclic) bond motifs is 2. The average molecular weight is 413 g/mol. The molecule has 1 amide bonds. The van der Waals surface area contributed by atoms with Gasteiger partial charge in [0.2, 0.25) is 5.91 Å². The molecule has 0 saturated heterocycles. The number of nitrogens with zero attached hydrogens (tertiary/aromatic N) is 1. The van der Waals surface area contributed by atoms with Crippen molar-refractivity contribution in [3.63, 3.8) is 0 Å². The fraction of sp³-hybridized carbons (Fsp3) is 0.364. The maximum atomic E-state index is 12.2. The van der Waals surface area contributed by atoms with Gasteiger partial charge in [0.05, 0.1) is 23.4 Å². The van der Waals surface area contributed by atoms with Crippen LogP contribution in [0.1, 0.15) is 30.0 Å². The second-order valence-electron chi connectivity index (χ2n) is 6.98. The zero-order valence-corrected chi connectivity index (χ0v) is 17.4. The van der Waals surface area contributed by atoms with Crippen molar-refractivity contribution < 1.29 is 19.0 Å². The fourth-order valence-corrected chi connectivity index (χ4v) is 4.27. The first-order valence-electron chi connectivity index (χ1n) is 9.76. The van der Waals surface area contributed by atoms with Crippen molar-refractivity contribution in [2.24, 2.45) is 0 Å². The summed E-state index contributed by atoms with van der Waals surface area (Å²) in [6.07, 6.45) is 1.04. The highest BCUT2D eigenvalue weighted by molar-refractivity contribution is 7.18. The third-order valence-corrected chi connectivity index (χ3v) is 5.66. The highest BCUT2D eigenvalue weighted by Gasteiger charge is 2.22. The fourth-order valence-electron chi connectivity index (χ4n) is 3.37. The summed E-state index contributed by atoms with van der Waals surface area (Å²) in [5.41, 5.74) is 3.01. The van der Waals surface area contributed by atoms with E-state index in [-0.39, 0.29) is 18.6 Å². The monoisotopic (exact) mass is 412 g/mol. The van der Waals surface area contributed by atoms with Gasteiger partial charge < -0.3 is 19.5 Å². The number of rotatable bonds is 8. The van der Waals surface area contributed by atoms with Crippen LogP contribution >= 0.6 is 11.3 Å². The number of hydrogen-bond donors (Lipinski definition) is 1. The Morgan fingerprint density at radius 1 is 1.34 bits per heavy atom. The Hall–Kier alpha value is -2.64. The molecule has 6 nitrogen and oxygen atoms in total. The van der Waals surface area contributed by atoms with E-state index in [1.165, 1.54) is 0 Å². The molecule has 0 fully saturated rings. The summed E-state index contributed by atoms with van der Waals surface area (Å²) in [7, 11) is 0. The van der Waals surface area contributed by atoms with Gasteiger partial charge in [-0.15, -0.1) is 11.3 Å². The van der Waals surface area contributed by atoms with Crippen molar-refractivity contribution in [1.29, 1.82) is 0 Å². The number of carbonyl (C=O) groups is 1. The van der Waals surface area contributed by atoms with E-state index in [9.17, 15) is 4.79 Å². The van der Waals surface area contributed by atoms with Crippen LogP contribution in [0, 0.1) is 0 Å². The molecule has 2 heterocycles. The molecule has 1 atom stereocenters. The molecule has 0 aliphatic carbocycles. The van der Waals surface area contributed by atoms with Gasteiger partial charge in [0.15, 0.2) is 0 Å². The molecule has 0 bridgehead atoms. The van der Waals surface area contributed by atoms with Gasteiger partial charge in [0.1, 0.15) is 29.2 Å². The summed E-state index contributed by atoms with van der Waals surface area (Å²) in [6.45, 7) is 5.24. The number of benzene rings is 2. The zero-order valence-electron chi connectivity index (χ0n) is 16.6. The number of nitrogens with one attached hydrogen (secondary N) is 1. The summed E-state index contributed by atoms with van der Waals surface area (Å²) in [4.78, 5) is 16.7. The minimum absolute atomic E-state index is 0.0155. The lowest BCUT2D eigenvalue weighted by Gasteiger charge is -2.13. The molecule has 1 N–H and O–H groups in total. The van der Waals surface area contributed by atoms with Gasteiger partial charge in [-0.05, 0) is 38.1 Å². The number of thiazole rings is 1. The van der Waals surface area contributed by atoms with Gasteiger partial charge in [-0.2, -0.15) is 0 Å². The Morgan fingerprint density at radius 2 is 2.21 bits per heavy atom. The number of hydrogen-bond acceptors (Lipinski definition) is 6. The van der Waals surface area contributed by atoms with Gasteiger partial charge in [-0.3, -0.25) is 4.79 Å². The zero-order chi connectivity index (χ0) is 20.2. The van der Waals surface area contributed by atoms with Crippen molar-refractivity contribution >= 4 is 27.5 Å². The second-order valence-corrected chi connectivity index (χ2v) is 8.09. The van der Waals surface area contributed by atoms with E-state index in [4.69, 9.17) is 14.2 Å². The highest BCUT2D eigenvalue weighted by Crippen LogP contribution is 2.35. The lowest BCUT2D eigenvalue weighted by molar-refractivity contribution is -0.126. The minimum atomic E-state index is -0.177. The smallest absolute Gasteiger partial charge is 0.246 e. The van der Waals surface area contributed by atoms with Crippen LogP contribution in [-0.4, -0.2) is 30.2 Å². The number of amides is 1. The van der Waals surface area contributed by atoms with E-state index in [0.717, 1.165) is 44.3 Å². The van der Waals surface area contributed by atoms with Crippen molar-refractivity contribution in [2.45, 2.75) is 39.5 Å². The van der Waals surface area contributed by atoms with E-state index in [1.807, 2.05) is 50.2 Å². The minimum Gasteiger partial charge on any atom is -0.494 e. The molecule has 0 saturated carbocycles. The quantitative estimate of drug-likeness (QED) is 0.609. The summed E-state index contributed by atoms with van der Waals surface area (Å²) in [5.74, 6) is 1.49. The predicted octanol–water partition coefficient (Wildman–Crippen LogP) is 3.85. The number of para-hydroxylation sites is 1. The van der Waals surface area contributed by atoms with E-state index >= 15 is 0 Å². The molecular formula is C22H24N2O4S. The Labute approximate surface area is 173 Å². The standard InChI is InChI=1S/C22H24N2O4S/c1-3-27-18-9-15-8-14(2)28-19(15)10-16(18)11-23-21(25)12-26-13-22-24-17-6-4-5-7-20(17)29-22/h4-7,9-10,14H,3,8,11-13H2,1-2H3,(H,23,25). The van der Waals surface area contributed by atoms with Crippen LogP contribution < -0.4 is 14.8 Å². The van der Waals surface area contributed by atoms with E-state index in [0.29, 0.717) is 19.8 Å². The predicted molar refractivity (Wildman–Crippen MR) is 113 cm³/mol. The topological polar surface area (TPSA) is 69.7 Å². The molecule has 0 spiro atoms. The first kappa shape index (κ1) is 19.7. The third kappa shape index (κ3) is 4.68. The molecule has 1 aliphatic rings. The normalized spacial score (nSPS) is 15.2. The van der Waals surface area contributed by atoms with Crippen molar-refractivity contribution in [3.05, 3.63) is 52.5 Å². The van der Waals surface area contributed by atoms with E-state index in [1.54, 1.807) is 11.3 Å². The maximum absolute atomic E-state index is 12.2. The molecule has 0 radical (unpaired) electrons. The van der Waals surface area contributed by atoms with Crippen LogP contribution in [-0.2, 0) is 29.1 Å². The Morgan fingerprint density at radius 3 is 3.03 bits per heavy atom. The van der Waals surface area contributed by atoms with Gasteiger partial charge in [-0.25, -0.2) is 4.98 Å².